The van der Waals surface area contributed by atoms with E-state index in [9.17, 15) is 18.0 Å². The smallest absolute Gasteiger partial charge is 0.244 e. The average molecular weight is 665 g/mol. The molecule has 0 heterocycles. The highest BCUT2D eigenvalue weighted by Gasteiger charge is 2.34. The zero-order valence-electron chi connectivity index (χ0n) is 24.2. The third-order valence-electron chi connectivity index (χ3n) is 7.68. The van der Waals surface area contributed by atoms with Crippen LogP contribution < -0.4 is 9.62 Å². The lowest BCUT2D eigenvalue weighted by molar-refractivity contribution is -0.140. The van der Waals surface area contributed by atoms with Gasteiger partial charge in [-0.2, -0.15) is 0 Å². The van der Waals surface area contributed by atoms with Crippen LogP contribution in [0.2, 0.25) is 15.1 Å². The highest BCUT2D eigenvalue weighted by Crippen LogP contribution is 2.27. The molecule has 1 aliphatic rings. The number of hydrogen-bond acceptors (Lipinski definition) is 4. The summed E-state index contributed by atoms with van der Waals surface area (Å²) in [6.07, 6.45) is 6.22. The van der Waals surface area contributed by atoms with Crippen molar-refractivity contribution in [3.63, 3.8) is 0 Å². The first-order valence-corrected chi connectivity index (χ1v) is 17.2. The van der Waals surface area contributed by atoms with Crippen molar-refractivity contribution in [2.24, 2.45) is 0 Å². The molecule has 0 aliphatic heterocycles. The Labute approximate surface area is 269 Å². The van der Waals surface area contributed by atoms with Gasteiger partial charge in [-0.3, -0.25) is 13.9 Å². The fourth-order valence-corrected chi connectivity index (χ4v) is 6.62. The molecule has 11 heteroatoms. The number of anilines is 1. The highest BCUT2D eigenvalue weighted by atomic mass is 35.5. The summed E-state index contributed by atoms with van der Waals surface area (Å²) in [5.41, 5.74) is 2.54. The van der Waals surface area contributed by atoms with Crippen LogP contribution in [0, 0.1) is 6.92 Å². The van der Waals surface area contributed by atoms with Gasteiger partial charge in [-0.1, -0.05) is 96.5 Å². The normalized spacial score (nSPS) is 14.6. The van der Waals surface area contributed by atoms with E-state index in [0.717, 1.165) is 53.8 Å². The summed E-state index contributed by atoms with van der Waals surface area (Å²) in [6, 6.07) is 18.4. The quantitative estimate of drug-likeness (QED) is 0.244. The second-order valence-corrected chi connectivity index (χ2v) is 14.2. The van der Waals surface area contributed by atoms with Gasteiger partial charge < -0.3 is 10.2 Å². The Kier molecular flexibility index (Phi) is 11.4. The van der Waals surface area contributed by atoms with Crippen LogP contribution in [0.3, 0.4) is 0 Å². The maximum atomic E-state index is 14.3. The van der Waals surface area contributed by atoms with Crippen LogP contribution >= 0.6 is 34.8 Å². The first-order chi connectivity index (χ1) is 20.4. The fraction of sp³-hybridized carbons (Fsp3) is 0.375. The fourth-order valence-electron chi connectivity index (χ4n) is 5.28. The molecule has 1 aliphatic carbocycles. The van der Waals surface area contributed by atoms with E-state index < -0.39 is 28.5 Å². The van der Waals surface area contributed by atoms with E-state index in [4.69, 9.17) is 34.8 Å². The highest BCUT2D eigenvalue weighted by molar-refractivity contribution is 7.92. The maximum Gasteiger partial charge on any atom is 0.244 e. The second-order valence-electron chi connectivity index (χ2n) is 11.0. The molecular weight excluding hydrogens is 629 g/mol. The molecular formula is C32H36Cl3N3O4S. The van der Waals surface area contributed by atoms with Crippen molar-refractivity contribution in [1.29, 1.82) is 0 Å². The molecule has 0 unspecified atom stereocenters. The van der Waals surface area contributed by atoms with Crippen LogP contribution in [0.5, 0.6) is 0 Å². The minimum atomic E-state index is -3.90. The van der Waals surface area contributed by atoms with Gasteiger partial charge in [0.25, 0.3) is 0 Å². The van der Waals surface area contributed by atoms with Crippen molar-refractivity contribution in [3.8, 4) is 0 Å². The number of benzene rings is 3. The predicted molar refractivity (Wildman–Crippen MR) is 174 cm³/mol. The van der Waals surface area contributed by atoms with Gasteiger partial charge in [0.2, 0.25) is 21.8 Å². The van der Waals surface area contributed by atoms with Crippen LogP contribution in [0.4, 0.5) is 5.69 Å². The van der Waals surface area contributed by atoms with Gasteiger partial charge in [-0.15, -0.1) is 0 Å². The molecule has 0 saturated heterocycles. The SMILES string of the molecule is Cc1ccc(N(CC(=O)N(Cc2ccc(Cl)c(Cl)c2)[C@H](Cc2ccccc2)C(=O)NC2CCCCC2)S(C)(=O)=O)cc1Cl. The molecule has 0 radical (unpaired) electrons. The number of carbonyl (C=O) groups excluding carboxylic acids is 2. The van der Waals surface area contributed by atoms with E-state index in [1.54, 1.807) is 37.3 Å². The minimum Gasteiger partial charge on any atom is -0.352 e. The standard InChI is InChI=1S/C32H36Cl3N3O4S/c1-22-13-15-26(19-28(22)34)38(43(2,41)42)21-31(39)37(20-24-14-16-27(33)29(35)17-24)30(18-23-9-5-3-6-10-23)32(40)36-25-11-7-4-8-12-25/h3,5-6,9-10,13-17,19,25,30H,4,7-8,11-12,18,20-21H2,1-2H3,(H,36,40)/t30-/m1/s1. The van der Waals surface area contributed by atoms with Crippen molar-refractivity contribution in [2.45, 2.75) is 64.1 Å². The topological polar surface area (TPSA) is 86.8 Å². The number of nitrogens with one attached hydrogen (secondary N) is 1. The minimum absolute atomic E-state index is 0.0115. The number of carbonyl (C=O) groups is 2. The Balaban J connectivity index is 1.74. The molecule has 3 aromatic carbocycles. The average Bonchev–Trinajstić information content (AvgIpc) is 2.97. The Hall–Kier alpha value is -2.78. The molecule has 4 rings (SSSR count). The molecule has 0 aromatic heterocycles. The van der Waals surface area contributed by atoms with E-state index in [2.05, 4.69) is 5.32 Å². The molecule has 43 heavy (non-hydrogen) atoms. The van der Waals surface area contributed by atoms with Crippen molar-refractivity contribution >= 4 is 62.3 Å². The molecule has 3 aromatic rings. The molecule has 0 bridgehead atoms. The van der Waals surface area contributed by atoms with Gasteiger partial charge in [-0.25, -0.2) is 8.42 Å². The molecule has 0 spiro atoms. The number of nitrogens with zero attached hydrogens (tertiary/aromatic N) is 2. The van der Waals surface area contributed by atoms with Gasteiger partial charge in [0.05, 0.1) is 22.0 Å². The first kappa shape index (κ1) is 33.1. The van der Waals surface area contributed by atoms with E-state index in [1.165, 1.54) is 11.0 Å². The van der Waals surface area contributed by atoms with Crippen LogP contribution in [-0.4, -0.2) is 50.0 Å². The van der Waals surface area contributed by atoms with Gasteiger partial charge in [0.15, 0.2) is 0 Å². The molecule has 7 nitrogen and oxygen atoms in total. The first-order valence-electron chi connectivity index (χ1n) is 14.2. The zero-order valence-corrected chi connectivity index (χ0v) is 27.3. The third kappa shape index (κ3) is 9.11. The van der Waals surface area contributed by atoms with Crippen LogP contribution in [0.25, 0.3) is 0 Å². The largest absolute Gasteiger partial charge is 0.352 e. The summed E-state index contributed by atoms with van der Waals surface area (Å²) in [5, 5.41) is 4.23. The number of aryl methyl sites for hydroxylation is 1. The lowest BCUT2D eigenvalue weighted by Gasteiger charge is -2.35. The van der Waals surface area contributed by atoms with E-state index in [0.29, 0.717) is 20.6 Å². The molecule has 1 N–H and O–H groups in total. The second kappa shape index (κ2) is 14.8. The van der Waals surface area contributed by atoms with E-state index in [-0.39, 0.29) is 30.6 Å². The summed E-state index contributed by atoms with van der Waals surface area (Å²) >= 11 is 18.8. The van der Waals surface area contributed by atoms with Gasteiger partial charge in [0.1, 0.15) is 12.6 Å². The van der Waals surface area contributed by atoms with E-state index in [1.807, 2.05) is 30.3 Å². The summed E-state index contributed by atoms with van der Waals surface area (Å²) in [7, 11) is -3.90. The summed E-state index contributed by atoms with van der Waals surface area (Å²) in [6.45, 7) is 1.29. The summed E-state index contributed by atoms with van der Waals surface area (Å²) in [4.78, 5) is 29.7. The number of halogens is 3. The van der Waals surface area contributed by atoms with Crippen LogP contribution in [0.1, 0.15) is 48.8 Å². The third-order valence-corrected chi connectivity index (χ3v) is 9.97. The molecule has 1 atom stereocenters. The Bertz CT molecular complexity index is 1550. The van der Waals surface area contributed by atoms with Crippen LogP contribution in [-0.2, 0) is 32.6 Å². The maximum absolute atomic E-state index is 14.3. The van der Waals surface area contributed by atoms with Gasteiger partial charge >= 0.3 is 0 Å². The lowest BCUT2D eigenvalue weighted by atomic mass is 9.94. The van der Waals surface area contributed by atoms with E-state index >= 15 is 0 Å². The Morgan fingerprint density at radius 1 is 0.884 bits per heavy atom. The molecule has 2 amide bonds. The monoisotopic (exact) mass is 663 g/mol. The molecule has 230 valence electrons. The Morgan fingerprint density at radius 3 is 2.21 bits per heavy atom. The summed E-state index contributed by atoms with van der Waals surface area (Å²) < 4.78 is 27.0. The zero-order chi connectivity index (χ0) is 31.1. The van der Waals surface area contributed by atoms with Gasteiger partial charge in [0, 0.05) is 24.0 Å². The van der Waals surface area contributed by atoms with Crippen molar-refractivity contribution in [1.82, 2.24) is 10.2 Å². The lowest BCUT2D eigenvalue weighted by Crippen LogP contribution is -2.55. The van der Waals surface area contributed by atoms with Crippen molar-refractivity contribution < 1.29 is 18.0 Å². The predicted octanol–water partition coefficient (Wildman–Crippen LogP) is 6.81. The van der Waals surface area contributed by atoms with Gasteiger partial charge in [-0.05, 0) is 60.7 Å². The van der Waals surface area contributed by atoms with Crippen LogP contribution in [0.15, 0.2) is 66.7 Å². The molecule has 1 saturated carbocycles. The number of hydrogen-bond donors (Lipinski definition) is 1. The summed E-state index contributed by atoms with van der Waals surface area (Å²) in [5.74, 6) is -0.832. The Morgan fingerprint density at radius 2 is 1.58 bits per heavy atom. The number of amides is 2. The number of sulfonamides is 1. The van der Waals surface area contributed by atoms with Crippen molar-refractivity contribution in [3.05, 3.63) is 98.5 Å². The number of rotatable bonds is 11. The van der Waals surface area contributed by atoms with Crippen molar-refractivity contribution in [2.75, 3.05) is 17.1 Å². The molecule has 1 fully saturated rings.